The first-order valence-electron chi connectivity index (χ1n) is 13.0. The Morgan fingerprint density at radius 3 is 2.22 bits per heavy atom. The first-order chi connectivity index (χ1) is 17.6. The molecule has 0 radical (unpaired) electrons. The Balaban J connectivity index is 0.00000130. The van der Waals surface area contributed by atoms with Crippen molar-refractivity contribution in [1.82, 2.24) is 15.0 Å². The number of anilines is 3. The van der Waals surface area contributed by atoms with E-state index in [4.69, 9.17) is 21.3 Å². The third kappa shape index (κ3) is 4.63. The molecular formula is C27H34ClFN6O. The number of fused-ring (bicyclic) bond motifs is 1. The van der Waals surface area contributed by atoms with Crippen LogP contribution >= 0.6 is 11.6 Å². The van der Waals surface area contributed by atoms with Crippen molar-refractivity contribution in [3.05, 3.63) is 41.3 Å². The molecule has 3 aromatic rings. The molecule has 0 bridgehead atoms. The van der Waals surface area contributed by atoms with Crippen molar-refractivity contribution < 1.29 is 9.13 Å². The van der Waals surface area contributed by atoms with Gasteiger partial charge in [0.15, 0.2) is 23.1 Å². The molecule has 1 aliphatic carbocycles. The lowest BCUT2D eigenvalue weighted by atomic mass is 10.1. The Morgan fingerprint density at radius 1 is 0.917 bits per heavy atom. The Bertz CT molecular complexity index is 1220. The maximum Gasteiger partial charge on any atom is 0.171 e. The van der Waals surface area contributed by atoms with Gasteiger partial charge >= 0.3 is 0 Å². The summed E-state index contributed by atoms with van der Waals surface area (Å²) in [5, 5.41) is 1.46. The second-order valence-electron chi connectivity index (χ2n) is 9.36. The molecule has 6 rings (SSSR count). The van der Waals surface area contributed by atoms with Gasteiger partial charge in [0.25, 0.3) is 0 Å². The third-order valence-corrected chi connectivity index (χ3v) is 7.42. The van der Waals surface area contributed by atoms with Crippen LogP contribution in [-0.4, -0.2) is 61.3 Å². The molecule has 2 aliphatic heterocycles. The van der Waals surface area contributed by atoms with Gasteiger partial charge in [-0.15, -0.1) is 0 Å². The first-order valence-corrected chi connectivity index (χ1v) is 13.4. The predicted molar refractivity (Wildman–Crippen MR) is 145 cm³/mol. The minimum atomic E-state index is -1.43. The van der Waals surface area contributed by atoms with Crippen molar-refractivity contribution in [2.24, 2.45) is 0 Å². The van der Waals surface area contributed by atoms with Crippen LogP contribution in [0.4, 0.5) is 21.7 Å². The highest BCUT2D eigenvalue weighted by molar-refractivity contribution is 6.35. The first kappa shape index (κ1) is 24.8. The summed E-state index contributed by atoms with van der Waals surface area (Å²) in [6, 6.07) is 7.91. The monoisotopic (exact) mass is 512 g/mol. The zero-order chi connectivity index (χ0) is 25.3. The molecule has 7 nitrogen and oxygen atoms in total. The number of ether oxygens (including phenoxy) is 1. The number of methoxy groups -OCH3 is 1. The molecule has 2 saturated heterocycles. The van der Waals surface area contributed by atoms with Crippen LogP contribution in [0.25, 0.3) is 10.9 Å². The molecule has 1 saturated carbocycles. The molecule has 0 N–H and O–H groups in total. The lowest BCUT2D eigenvalue weighted by Gasteiger charge is -2.37. The minimum absolute atomic E-state index is 0.264. The van der Waals surface area contributed by atoms with Crippen LogP contribution in [0.3, 0.4) is 0 Å². The molecule has 0 atom stereocenters. The Kier molecular flexibility index (Phi) is 7.06. The van der Waals surface area contributed by atoms with E-state index >= 15 is 4.39 Å². The SMILES string of the molecule is CC.COc1cccnc1N1CCN(c2nc(C3(F)CC3)nc3c(Cl)cc(N4CCCC4)cc23)CC1. The number of hydrogen-bond acceptors (Lipinski definition) is 7. The fourth-order valence-corrected chi connectivity index (χ4v) is 5.26. The molecule has 9 heteroatoms. The maximum atomic E-state index is 15.1. The van der Waals surface area contributed by atoms with E-state index in [1.165, 1.54) is 12.8 Å². The molecule has 4 heterocycles. The van der Waals surface area contributed by atoms with Crippen molar-refractivity contribution >= 4 is 39.8 Å². The molecule has 3 aliphatic rings. The van der Waals surface area contributed by atoms with Crippen molar-refractivity contribution in [3.8, 4) is 5.75 Å². The molecule has 192 valence electrons. The largest absolute Gasteiger partial charge is 0.493 e. The quantitative estimate of drug-likeness (QED) is 0.441. The second kappa shape index (κ2) is 10.2. The van der Waals surface area contributed by atoms with Gasteiger partial charge in [0, 0.05) is 56.5 Å². The number of piperazine rings is 1. The van der Waals surface area contributed by atoms with E-state index in [9.17, 15) is 0 Å². The number of aromatic nitrogens is 3. The summed E-state index contributed by atoms with van der Waals surface area (Å²) < 4.78 is 20.6. The van der Waals surface area contributed by atoms with Crippen LogP contribution in [0.5, 0.6) is 5.75 Å². The van der Waals surface area contributed by atoms with E-state index in [1.807, 2.05) is 32.0 Å². The molecule has 0 amide bonds. The van der Waals surface area contributed by atoms with Crippen LogP contribution in [0.1, 0.15) is 45.4 Å². The van der Waals surface area contributed by atoms with Gasteiger partial charge in [0.2, 0.25) is 0 Å². The van der Waals surface area contributed by atoms with Crippen LogP contribution in [-0.2, 0) is 5.67 Å². The normalized spacial score (nSPS) is 18.8. The van der Waals surface area contributed by atoms with Crippen molar-refractivity contribution in [2.45, 2.75) is 45.2 Å². The molecule has 0 unspecified atom stereocenters. The summed E-state index contributed by atoms with van der Waals surface area (Å²) in [6.07, 6.45) is 5.08. The van der Waals surface area contributed by atoms with E-state index in [2.05, 4.69) is 30.7 Å². The van der Waals surface area contributed by atoms with Gasteiger partial charge in [-0.3, -0.25) is 0 Å². The number of nitrogens with zero attached hydrogens (tertiary/aromatic N) is 6. The van der Waals surface area contributed by atoms with E-state index in [0.29, 0.717) is 23.4 Å². The Labute approximate surface area is 217 Å². The second-order valence-corrected chi connectivity index (χ2v) is 9.76. The molecular weight excluding hydrogens is 479 g/mol. The highest BCUT2D eigenvalue weighted by atomic mass is 35.5. The molecule has 36 heavy (non-hydrogen) atoms. The smallest absolute Gasteiger partial charge is 0.171 e. The highest BCUT2D eigenvalue weighted by Crippen LogP contribution is 2.49. The number of rotatable bonds is 5. The summed E-state index contributed by atoms with van der Waals surface area (Å²) >= 11 is 6.74. The van der Waals surface area contributed by atoms with E-state index < -0.39 is 5.67 Å². The number of pyridine rings is 1. The van der Waals surface area contributed by atoms with Crippen molar-refractivity contribution in [1.29, 1.82) is 0 Å². The van der Waals surface area contributed by atoms with E-state index in [-0.39, 0.29) is 5.82 Å². The number of alkyl halides is 1. The summed E-state index contributed by atoms with van der Waals surface area (Å²) in [6.45, 7) is 9.03. The van der Waals surface area contributed by atoms with Gasteiger partial charge < -0.3 is 19.4 Å². The minimum Gasteiger partial charge on any atom is -0.493 e. The van der Waals surface area contributed by atoms with Gasteiger partial charge in [0.1, 0.15) is 5.82 Å². The highest BCUT2D eigenvalue weighted by Gasteiger charge is 2.48. The van der Waals surface area contributed by atoms with Crippen LogP contribution in [0.15, 0.2) is 30.5 Å². The lowest BCUT2D eigenvalue weighted by molar-refractivity contribution is 0.301. The molecule has 3 fully saturated rings. The average molecular weight is 513 g/mol. The lowest BCUT2D eigenvalue weighted by Crippen LogP contribution is -2.47. The summed E-state index contributed by atoms with van der Waals surface area (Å²) in [5.74, 6) is 2.65. The number of hydrogen-bond donors (Lipinski definition) is 0. The van der Waals surface area contributed by atoms with Crippen molar-refractivity contribution in [2.75, 3.05) is 61.1 Å². The Morgan fingerprint density at radius 2 is 1.58 bits per heavy atom. The summed E-state index contributed by atoms with van der Waals surface area (Å²) in [7, 11) is 1.66. The zero-order valence-corrected chi connectivity index (χ0v) is 22.1. The van der Waals surface area contributed by atoms with Gasteiger partial charge in [-0.25, -0.2) is 19.3 Å². The standard InChI is InChI=1S/C25H28ClFN6O.C2H6/c1-34-20-5-4-8-28-23(20)33-13-11-32(12-14-33)22-18-15-17(31-9-2-3-10-31)16-19(26)21(18)29-24(30-22)25(27)6-7-25;1-2/h4-5,8,15-16H,2-3,6-7,9-14H2,1H3;1-2H3. The van der Waals surface area contributed by atoms with E-state index in [1.54, 1.807) is 13.3 Å². The number of benzene rings is 1. The Hall–Kier alpha value is -2.87. The fraction of sp³-hybridized carbons (Fsp3) is 0.519. The van der Waals surface area contributed by atoms with Gasteiger partial charge in [-0.2, -0.15) is 0 Å². The number of halogens is 2. The van der Waals surface area contributed by atoms with Gasteiger partial charge in [0.05, 0.1) is 17.6 Å². The fourth-order valence-electron chi connectivity index (χ4n) is 5.00. The molecule has 1 aromatic carbocycles. The van der Waals surface area contributed by atoms with Crippen LogP contribution in [0.2, 0.25) is 5.02 Å². The third-order valence-electron chi connectivity index (χ3n) is 7.13. The zero-order valence-electron chi connectivity index (χ0n) is 21.3. The molecule has 0 spiro atoms. The molecule has 2 aromatic heterocycles. The van der Waals surface area contributed by atoms with Crippen LogP contribution in [0, 0.1) is 0 Å². The van der Waals surface area contributed by atoms with Gasteiger partial charge in [-0.05, 0) is 49.9 Å². The maximum absolute atomic E-state index is 15.1. The van der Waals surface area contributed by atoms with Gasteiger partial charge in [-0.1, -0.05) is 25.4 Å². The topological polar surface area (TPSA) is 57.6 Å². The predicted octanol–water partition coefficient (Wildman–Crippen LogP) is 5.60. The van der Waals surface area contributed by atoms with Crippen molar-refractivity contribution in [3.63, 3.8) is 0 Å². The van der Waals surface area contributed by atoms with E-state index in [0.717, 1.165) is 67.7 Å². The summed E-state index contributed by atoms with van der Waals surface area (Å²) in [4.78, 5) is 20.8. The average Bonchev–Trinajstić information content (AvgIpc) is 3.44. The summed E-state index contributed by atoms with van der Waals surface area (Å²) in [5.41, 5.74) is 0.302. The van der Waals surface area contributed by atoms with Crippen LogP contribution < -0.4 is 19.4 Å².